The first kappa shape index (κ1) is 9.10. The molecule has 4 nitrogen and oxygen atoms in total. The molecule has 0 spiro atoms. The maximum atomic E-state index is 10.0. The van der Waals surface area contributed by atoms with E-state index in [-0.39, 0.29) is 6.42 Å². The van der Waals surface area contributed by atoms with Gasteiger partial charge in [-0.05, 0) is 6.92 Å². The molecule has 0 fully saturated rings. The monoisotopic (exact) mass is 146 g/mol. The van der Waals surface area contributed by atoms with Gasteiger partial charge in [0, 0.05) is 6.61 Å². The summed E-state index contributed by atoms with van der Waals surface area (Å²) in [5, 5.41) is 8.20. The molecule has 10 heavy (non-hydrogen) atoms. The Balaban J connectivity index is 3.59. The number of carbonyl (C=O) groups excluding carboxylic acids is 1. The number of carboxylic acid groups (broad SMARTS) is 1. The largest absolute Gasteiger partial charge is 0.481 e. The molecule has 1 N–H and O–H groups in total. The molecule has 0 aromatic rings. The summed E-state index contributed by atoms with van der Waals surface area (Å²) in [7, 11) is 0. The summed E-state index contributed by atoms with van der Waals surface area (Å²) < 4.78 is 4.75. The number of hydrogen-bond donors (Lipinski definition) is 1. The Morgan fingerprint density at radius 3 is 2.70 bits per heavy atom. The first-order valence-electron chi connectivity index (χ1n) is 2.99. The molecule has 1 unspecified atom stereocenters. The molecule has 0 heterocycles. The number of aldehydes is 1. The number of carbonyl (C=O) groups is 2. The van der Waals surface area contributed by atoms with E-state index in [2.05, 4.69) is 0 Å². The van der Waals surface area contributed by atoms with Gasteiger partial charge in [0.1, 0.15) is 12.4 Å². The second-order valence-corrected chi connectivity index (χ2v) is 1.73. The molecule has 0 aromatic carbocycles. The van der Waals surface area contributed by atoms with Gasteiger partial charge in [0.15, 0.2) is 0 Å². The van der Waals surface area contributed by atoms with Crippen LogP contribution in [-0.2, 0) is 14.3 Å². The SMILES string of the molecule is CCOC(C=O)CC(=O)O. The molecule has 0 rings (SSSR count). The van der Waals surface area contributed by atoms with Crippen LogP contribution in [0.15, 0.2) is 0 Å². The molecule has 0 aliphatic heterocycles. The van der Waals surface area contributed by atoms with Crippen molar-refractivity contribution < 1.29 is 19.4 Å². The Kier molecular flexibility index (Phi) is 4.49. The van der Waals surface area contributed by atoms with Gasteiger partial charge in [-0.15, -0.1) is 0 Å². The molecule has 4 heteroatoms. The van der Waals surface area contributed by atoms with Crippen LogP contribution in [0.1, 0.15) is 13.3 Å². The number of aliphatic carboxylic acids is 1. The van der Waals surface area contributed by atoms with Crippen LogP contribution in [0.4, 0.5) is 0 Å². The van der Waals surface area contributed by atoms with E-state index < -0.39 is 12.1 Å². The summed E-state index contributed by atoms with van der Waals surface area (Å²) in [6.07, 6.45) is -0.544. The Morgan fingerprint density at radius 2 is 2.40 bits per heavy atom. The smallest absolute Gasteiger partial charge is 0.306 e. The molecule has 0 amide bonds. The van der Waals surface area contributed by atoms with Crippen LogP contribution in [0.2, 0.25) is 0 Å². The minimum atomic E-state index is -1.02. The fourth-order valence-electron chi connectivity index (χ4n) is 0.533. The second kappa shape index (κ2) is 4.93. The quantitative estimate of drug-likeness (QED) is 0.557. The average Bonchev–Trinajstić information content (AvgIpc) is 1.86. The summed E-state index contributed by atoms with van der Waals surface area (Å²) >= 11 is 0. The maximum Gasteiger partial charge on any atom is 0.306 e. The normalized spacial score (nSPS) is 12.5. The molecule has 0 saturated heterocycles. The zero-order valence-corrected chi connectivity index (χ0v) is 5.74. The van der Waals surface area contributed by atoms with Gasteiger partial charge < -0.3 is 14.6 Å². The van der Waals surface area contributed by atoms with E-state index in [9.17, 15) is 9.59 Å². The van der Waals surface area contributed by atoms with Gasteiger partial charge in [-0.1, -0.05) is 0 Å². The van der Waals surface area contributed by atoms with Crippen LogP contribution in [-0.4, -0.2) is 30.1 Å². The average molecular weight is 146 g/mol. The zero-order chi connectivity index (χ0) is 7.98. The topological polar surface area (TPSA) is 63.6 Å². The van der Waals surface area contributed by atoms with Gasteiger partial charge in [0.2, 0.25) is 0 Å². The number of rotatable bonds is 5. The summed E-state index contributed by atoms with van der Waals surface area (Å²) in [4.78, 5) is 20.0. The van der Waals surface area contributed by atoms with Crippen molar-refractivity contribution in [3.63, 3.8) is 0 Å². The summed E-state index contributed by atoms with van der Waals surface area (Å²) in [5.41, 5.74) is 0. The van der Waals surface area contributed by atoms with E-state index in [0.717, 1.165) is 0 Å². The van der Waals surface area contributed by atoms with Crippen molar-refractivity contribution in [1.82, 2.24) is 0 Å². The highest BCUT2D eigenvalue weighted by atomic mass is 16.5. The van der Waals surface area contributed by atoms with Gasteiger partial charge in [-0.25, -0.2) is 0 Å². The van der Waals surface area contributed by atoms with E-state index in [1.165, 1.54) is 0 Å². The Morgan fingerprint density at radius 1 is 1.80 bits per heavy atom. The Bertz CT molecular complexity index is 121. The van der Waals surface area contributed by atoms with Crippen LogP contribution >= 0.6 is 0 Å². The van der Waals surface area contributed by atoms with E-state index >= 15 is 0 Å². The van der Waals surface area contributed by atoms with E-state index in [1.54, 1.807) is 6.92 Å². The predicted octanol–water partition coefficient (Wildman–Crippen LogP) is 0.0651. The predicted molar refractivity (Wildman–Crippen MR) is 33.7 cm³/mol. The van der Waals surface area contributed by atoms with E-state index in [4.69, 9.17) is 9.84 Å². The van der Waals surface area contributed by atoms with Crippen LogP contribution in [0.25, 0.3) is 0 Å². The highest BCUT2D eigenvalue weighted by molar-refractivity contribution is 5.72. The third-order valence-corrected chi connectivity index (χ3v) is 0.908. The minimum Gasteiger partial charge on any atom is -0.481 e. The van der Waals surface area contributed by atoms with Crippen molar-refractivity contribution in [3.05, 3.63) is 0 Å². The van der Waals surface area contributed by atoms with Crippen molar-refractivity contribution >= 4 is 12.3 Å². The van der Waals surface area contributed by atoms with Gasteiger partial charge in [-0.2, -0.15) is 0 Å². The number of ether oxygens (including phenoxy) is 1. The van der Waals surface area contributed by atoms with Gasteiger partial charge >= 0.3 is 5.97 Å². The highest BCUT2D eigenvalue weighted by Gasteiger charge is 2.10. The molecule has 0 aromatic heterocycles. The molecule has 58 valence electrons. The van der Waals surface area contributed by atoms with E-state index in [1.807, 2.05) is 0 Å². The lowest BCUT2D eigenvalue weighted by Gasteiger charge is -2.05. The third-order valence-electron chi connectivity index (χ3n) is 0.908. The first-order valence-corrected chi connectivity index (χ1v) is 2.99. The van der Waals surface area contributed by atoms with Crippen LogP contribution in [0.5, 0.6) is 0 Å². The van der Waals surface area contributed by atoms with Crippen molar-refractivity contribution in [1.29, 1.82) is 0 Å². The molecule has 0 aliphatic rings. The Labute approximate surface area is 58.8 Å². The van der Waals surface area contributed by atoms with Crippen molar-refractivity contribution in [3.8, 4) is 0 Å². The highest BCUT2D eigenvalue weighted by Crippen LogP contribution is 1.93. The lowest BCUT2D eigenvalue weighted by atomic mass is 10.3. The van der Waals surface area contributed by atoms with Gasteiger partial charge in [0.05, 0.1) is 6.42 Å². The fourth-order valence-corrected chi connectivity index (χ4v) is 0.533. The molecule has 0 saturated carbocycles. The maximum absolute atomic E-state index is 10.0. The molecular weight excluding hydrogens is 136 g/mol. The van der Waals surface area contributed by atoms with Crippen LogP contribution < -0.4 is 0 Å². The molecule has 1 atom stereocenters. The first-order chi connectivity index (χ1) is 4.70. The fraction of sp³-hybridized carbons (Fsp3) is 0.667. The van der Waals surface area contributed by atoms with Gasteiger partial charge in [-0.3, -0.25) is 4.79 Å². The Hall–Kier alpha value is -0.900. The molecular formula is C6H10O4. The lowest BCUT2D eigenvalue weighted by Crippen LogP contribution is -2.18. The zero-order valence-electron chi connectivity index (χ0n) is 5.74. The second-order valence-electron chi connectivity index (χ2n) is 1.73. The number of hydrogen-bond acceptors (Lipinski definition) is 3. The molecule has 0 aliphatic carbocycles. The number of carboxylic acids is 1. The third kappa shape index (κ3) is 4.03. The summed E-state index contributed by atoms with van der Waals surface area (Å²) in [5.74, 6) is -1.02. The van der Waals surface area contributed by atoms with Crippen LogP contribution in [0.3, 0.4) is 0 Å². The van der Waals surface area contributed by atoms with Crippen molar-refractivity contribution in [2.24, 2.45) is 0 Å². The van der Waals surface area contributed by atoms with E-state index in [0.29, 0.717) is 12.9 Å². The van der Waals surface area contributed by atoms with Crippen molar-refractivity contribution in [2.45, 2.75) is 19.4 Å². The molecule has 0 bridgehead atoms. The minimum absolute atomic E-state index is 0.253. The summed E-state index contributed by atoms with van der Waals surface area (Å²) in [6, 6.07) is 0. The molecule has 0 radical (unpaired) electrons. The lowest BCUT2D eigenvalue weighted by molar-refractivity contribution is -0.142. The standard InChI is InChI=1S/C6H10O4/c1-2-10-5(4-7)3-6(8)9/h4-5H,2-3H2,1H3,(H,8,9). The van der Waals surface area contributed by atoms with Crippen LogP contribution in [0, 0.1) is 0 Å². The van der Waals surface area contributed by atoms with Crippen molar-refractivity contribution in [2.75, 3.05) is 6.61 Å². The summed E-state index contributed by atoms with van der Waals surface area (Å²) in [6.45, 7) is 2.06. The van der Waals surface area contributed by atoms with Gasteiger partial charge in [0.25, 0.3) is 0 Å².